The monoisotopic (exact) mass is 220 g/mol. The molecular weight excluding hydrogens is 196 g/mol. The minimum atomic E-state index is 0.177. The van der Waals surface area contributed by atoms with Gasteiger partial charge in [0.25, 0.3) is 0 Å². The molecule has 1 aliphatic carbocycles. The van der Waals surface area contributed by atoms with Crippen molar-refractivity contribution in [3.05, 3.63) is 23.5 Å². The van der Waals surface area contributed by atoms with Gasteiger partial charge in [-0.2, -0.15) is 0 Å². The molecule has 2 rings (SSSR count). The number of hydrogen-bond acceptors (Lipinski definition) is 1. The van der Waals surface area contributed by atoms with E-state index >= 15 is 0 Å². The van der Waals surface area contributed by atoms with Gasteiger partial charge in [0, 0.05) is 17.9 Å². The molecule has 90 valence electrons. The van der Waals surface area contributed by atoms with E-state index in [2.05, 4.69) is 37.5 Å². The molecule has 2 atom stereocenters. The summed E-state index contributed by atoms with van der Waals surface area (Å²) in [5.74, 6) is 0.691. The lowest BCUT2D eigenvalue weighted by molar-refractivity contribution is 0.121. The maximum Gasteiger partial charge on any atom is 0.0592 e. The SMILES string of the molecule is Cc1ccc(C)n1C1(CN)CCCCC1C. The largest absolute Gasteiger partial charge is 0.342 e. The van der Waals surface area contributed by atoms with Gasteiger partial charge in [0.05, 0.1) is 5.54 Å². The van der Waals surface area contributed by atoms with Crippen LogP contribution in [0.4, 0.5) is 0 Å². The Morgan fingerprint density at radius 2 is 1.94 bits per heavy atom. The van der Waals surface area contributed by atoms with Gasteiger partial charge in [0.1, 0.15) is 0 Å². The Morgan fingerprint density at radius 1 is 1.31 bits per heavy atom. The molecule has 2 nitrogen and oxygen atoms in total. The fourth-order valence-corrected chi connectivity index (χ4v) is 3.49. The molecule has 1 aromatic rings. The van der Waals surface area contributed by atoms with E-state index in [4.69, 9.17) is 5.73 Å². The molecule has 2 unspecified atom stereocenters. The second-order valence-corrected chi connectivity index (χ2v) is 5.41. The normalized spacial score (nSPS) is 30.6. The van der Waals surface area contributed by atoms with Crippen LogP contribution in [0.25, 0.3) is 0 Å². The molecule has 2 heteroatoms. The number of nitrogens with zero attached hydrogens (tertiary/aromatic N) is 1. The number of hydrogen-bond donors (Lipinski definition) is 1. The average molecular weight is 220 g/mol. The van der Waals surface area contributed by atoms with Crippen molar-refractivity contribution in [2.24, 2.45) is 11.7 Å². The van der Waals surface area contributed by atoms with Crippen LogP contribution in [-0.2, 0) is 5.54 Å². The molecule has 0 aromatic carbocycles. The van der Waals surface area contributed by atoms with Crippen LogP contribution in [0.15, 0.2) is 12.1 Å². The fraction of sp³-hybridized carbons (Fsp3) is 0.714. The third-order valence-corrected chi connectivity index (χ3v) is 4.48. The molecule has 0 amide bonds. The van der Waals surface area contributed by atoms with Crippen LogP contribution in [-0.4, -0.2) is 11.1 Å². The van der Waals surface area contributed by atoms with Crippen LogP contribution in [0.2, 0.25) is 0 Å². The van der Waals surface area contributed by atoms with Crippen molar-refractivity contribution in [1.29, 1.82) is 0 Å². The van der Waals surface area contributed by atoms with E-state index < -0.39 is 0 Å². The Labute approximate surface area is 98.8 Å². The molecule has 0 bridgehead atoms. The summed E-state index contributed by atoms with van der Waals surface area (Å²) in [6.07, 6.45) is 5.23. The standard InChI is InChI=1S/C14H24N2/c1-11-6-4-5-9-14(11,10-15)16-12(2)7-8-13(16)3/h7-8,11H,4-6,9-10,15H2,1-3H3. The molecule has 1 fully saturated rings. The van der Waals surface area contributed by atoms with Crippen molar-refractivity contribution in [3.8, 4) is 0 Å². The summed E-state index contributed by atoms with van der Waals surface area (Å²) >= 11 is 0. The quantitative estimate of drug-likeness (QED) is 0.816. The molecule has 0 spiro atoms. The summed E-state index contributed by atoms with van der Waals surface area (Å²) in [5.41, 5.74) is 9.03. The number of aromatic nitrogens is 1. The Kier molecular flexibility index (Phi) is 3.11. The fourth-order valence-electron chi connectivity index (χ4n) is 3.49. The zero-order valence-corrected chi connectivity index (χ0v) is 10.8. The van der Waals surface area contributed by atoms with E-state index in [9.17, 15) is 0 Å². The Bertz CT molecular complexity index is 347. The Morgan fingerprint density at radius 3 is 2.44 bits per heavy atom. The highest BCUT2D eigenvalue weighted by Crippen LogP contribution is 2.40. The minimum absolute atomic E-state index is 0.177. The molecule has 16 heavy (non-hydrogen) atoms. The summed E-state index contributed by atoms with van der Waals surface area (Å²) in [5, 5.41) is 0. The van der Waals surface area contributed by atoms with Crippen molar-refractivity contribution >= 4 is 0 Å². The maximum absolute atomic E-state index is 6.14. The van der Waals surface area contributed by atoms with Gasteiger partial charge in [0.2, 0.25) is 0 Å². The first-order chi connectivity index (χ1) is 7.62. The summed E-state index contributed by atoms with van der Waals surface area (Å²) in [7, 11) is 0. The summed E-state index contributed by atoms with van der Waals surface area (Å²) in [6.45, 7) is 7.53. The maximum atomic E-state index is 6.14. The van der Waals surface area contributed by atoms with E-state index in [0.29, 0.717) is 5.92 Å². The summed E-state index contributed by atoms with van der Waals surface area (Å²) in [4.78, 5) is 0. The van der Waals surface area contributed by atoms with Gasteiger partial charge < -0.3 is 10.3 Å². The predicted octanol–water partition coefficient (Wildman–Crippen LogP) is 2.97. The lowest BCUT2D eigenvalue weighted by atomic mass is 9.73. The van der Waals surface area contributed by atoms with Crippen molar-refractivity contribution in [2.75, 3.05) is 6.54 Å². The average Bonchev–Trinajstić information content (AvgIpc) is 2.61. The zero-order chi connectivity index (χ0) is 11.8. The van der Waals surface area contributed by atoms with E-state index in [1.54, 1.807) is 0 Å². The van der Waals surface area contributed by atoms with E-state index in [1.807, 2.05) is 0 Å². The van der Waals surface area contributed by atoms with Crippen LogP contribution in [0.3, 0.4) is 0 Å². The van der Waals surface area contributed by atoms with Crippen LogP contribution in [0.5, 0.6) is 0 Å². The summed E-state index contributed by atoms with van der Waals surface area (Å²) < 4.78 is 2.50. The predicted molar refractivity (Wildman–Crippen MR) is 68.6 cm³/mol. The van der Waals surface area contributed by atoms with Crippen molar-refractivity contribution in [2.45, 2.75) is 52.0 Å². The van der Waals surface area contributed by atoms with Crippen molar-refractivity contribution in [1.82, 2.24) is 4.57 Å². The zero-order valence-electron chi connectivity index (χ0n) is 10.8. The van der Waals surface area contributed by atoms with Gasteiger partial charge in [-0.3, -0.25) is 0 Å². The minimum Gasteiger partial charge on any atom is -0.342 e. The molecule has 0 saturated heterocycles. The lowest BCUT2D eigenvalue weighted by Crippen LogP contribution is -2.49. The van der Waals surface area contributed by atoms with Crippen LogP contribution < -0.4 is 5.73 Å². The first kappa shape index (κ1) is 11.7. The van der Waals surface area contributed by atoms with Gasteiger partial charge in [-0.25, -0.2) is 0 Å². The molecule has 1 saturated carbocycles. The number of nitrogens with two attached hydrogens (primary N) is 1. The first-order valence-corrected chi connectivity index (χ1v) is 6.47. The van der Waals surface area contributed by atoms with Gasteiger partial charge in [-0.05, 0) is 44.7 Å². The highest BCUT2D eigenvalue weighted by Gasteiger charge is 2.39. The smallest absolute Gasteiger partial charge is 0.0592 e. The Balaban J connectivity index is 2.48. The number of aryl methyl sites for hydroxylation is 2. The number of rotatable bonds is 2. The van der Waals surface area contributed by atoms with Crippen LogP contribution in [0, 0.1) is 19.8 Å². The van der Waals surface area contributed by atoms with Gasteiger partial charge in [0.15, 0.2) is 0 Å². The molecule has 1 aliphatic rings. The third kappa shape index (κ3) is 1.60. The molecule has 2 N–H and O–H groups in total. The third-order valence-electron chi connectivity index (χ3n) is 4.48. The summed E-state index contributed by atoms with van der Waals surface area (Å²) in [6, 6.07) is 4.43. The topological polar surface area (TPSA) is 30.9 Å². The van der Waals surface area contributed by atoms with Crippen LogP contribution in [0.1, 0.15) is 44.0 Å². The second-order valence-electron chi connectivity index (χ2n) is 5.41. The molecule has 0 aliphatic heterocycles. The van der Waals surface area contributed by atoms with E-state index in [1.165, 1.54) is 37.1 Å². The second kappa shape index (κ2) is 4.25. The first-order valence-electron chi connectivity index (χ1n) is 6.47. The van der Waals surface area contributed by atoms with Crippen LogP contribution >= 0.6 is 0 Å². The highest BCUT2D eigenvalue weighted by molar-refractivity contribution is 5.19. The molecule has 0 radical (unpaired) electrons. The van der Waals surface area contributed by atoms with Crippen molar-refractivity contribution in [3.63, 3.8) is 0 Å². The molecular formula is C14H24N2. The Hall–Kier alpha value is -0.760. The lowest BCUT2D eigenvalue weighted by Gasteiger charge is -2.45. The van der Waals surface area contributed by atoms with E-state index in [0.717, 1.165) is 6.54 Å². The highest BCUT2D eigenvalue weighted by atomic mass is 15.1. The van der Waals surface area contributed by atoms with Gasteiger partial charge >= 0.3 is 0 Å². The molecule has 1 aromatic heterocycles. The van der Waals surface area contributed by atoms with E-state index in [-0.39, 0.29) is 5.54 Å². The van der Waals surface area contributed by atoms with Crippen molar-refractivity contribution < 1.29 is 0 Å². The van der Waals surface area contributed by atoms with Gasteiger partial charge in [-0.1, -0.05) is 19.8 Å². The molecule has 1 heterocycles. The van der Waals surface area contributed by atoms with Gasteiger partial charge in [-0.15, -0.1) is 0 Å².